The molecule has 0 fully saturated rings. The highest BCUT2D eigenvalue weighted by molar-refractivity contribution is 7.14. The molecular formula is C22H15ClN4O4S. The van der Waals surface area contributed by atoms with Crippen LogP contribution in [0.5, 0.6) is 0 Å². The molecule has 2 amide bonds. The van der Waals surface area contributed by atoms with E-state index in [9.17, 15) is 24.8 Å². The highest BCUT2D eigenvalue weighted by atomic mass is 35.5. The Morgan fingerprint density at radius 1 is 1.22 bits per heavy atom. The van der Waals surface area contributed by atoms with Gasteiger partial charge < -0.3 is 10.4 Å². The zero-order chi connectivity index (χ0) is 23.3. The number of hydrogen-bond donors (Lipinski definition) is 2. The maximum Gasteiger partial charge on any atom is 0.337 e. The fourth-order valence-electron chi connectivity index (χ4n) is 2.75. The molecule has 0 unspecified atom stereocenters. The second-order valence-electron chi connectivity index (χ2n) is 6.36. The molecule has 1 aromatic heterocycles. The number of benzene rings is 2. The van der Waals surface area contributed by atoms with Crippen LogP contribution in [-0.4, -0.2) is 27.9 Å². The first-order valence-corrected chi connectivity index (χ1v) is 10.3. The first kappa shape index (κ1) is 22.7. The number of rotatable bonds is 6. The Kier molecular flexibility index (Phi) is 7.00. The topological polar surface area (TPSA) is 123 Å². The average Bonchev–Trinajstić information content (AvgIpc) is 3.20. The second kappa shape index (κ2) is 9.87. The zero-order valence-electron chi connectivity index (χ0n) is 16.6. The molecule has 0 spiro atoms. The van der Waals surface area contributed by atoms with Crippen LogP contribution in [0.25, 0.3) is 6.08 Å². The summed E-state index contributed by atoms with van der Waals surface area (Å²) in [7, 11) is 0. The van der Waals surface area contributed by atoms with Crippen LogP contribution in [-0.2, 0) is 9.59 Å². The maximum absolute atomic E-state index is 12.5. The number of amides is 2. The predicted molar refractivity (Wildman–Crippen MR) is 122 cm³/mol. The van der Waals surface area contributed by atoms with Crippen molar-refractivity contribution in [2.24, 2.45) is 0 Å². The van der Waals surface area contributed by atoms with Crippen LogP contribution in [0.2, 0.25) is 5.02 Å². The molecule has 0 aliphatic heterocycles. The van der Waals surface area contributed by atoms with E-state index in [1.807, 2.05) is 0 Å². The molecule has 0 atom stereocenters. The van der Waals surface area contributed by atoms with Crippen LogP contribution < -0.4 is 10.2 Å². The first-order valence-electron chi connectivity index (χ1n) is 9.07. The van der Waals surface area contributed by atoms with Gasteiger partial charge in [0.15, 0.2) is 5.13 Å². The minimum Gasteiger partial charge on any atom is -0.478 e. The average molecular weight is 467 g/mol. The molecule has 160 valence electrons. The molecular weight excluding hydrogens is 452 g/mol. The number of carbonyl (C=O) groups is 3. The summed E-state index contributed by atoms with van der Waals surface area (Å²) in [6, 6.07) is 14.4. The lowest BCUT2D eigenvalue weighted by Crippen LogP contribution is -2.22. The first-order chi connectivity index (χ1) is 15.3. The summed E-state index contributed by atoms with van der Waals surface area (Å²) < 4.78 is 0. The molecule has 3 rings (SSSR count). The number of anilines is 3. The van der Waals surface area contributed by atoms with Gasteiger partial charge in [-0.15, -0.1) is 11.3 Å². The predicted octanol–water partition coefficient (Wildman–Crippen LogP) is 4.72. The number of halogens is 1. The van der Waals surface area contributed by atoms with Gasteiger partial charge in [0.2, 0.25) is 5.91 Å². The van der Waals surface area contributed by atoms with Crippen molar-refractivity contribution in [3.05, 3.63) is 75.8 Å². The minimum atomic E-state index is -1.21. The van der Waals surface area contributed by atoms with Crippen molar-refractivity contribution in [3.63, 3.8) is 0 Å². The van der Waals surface area contributed by atoms with Crippen LogP contribution >= 0.6 is 22.9 Å². The number of thiazole rings is 1. The maximum atomic E-state index is 12.5. The number of aromatic nitrogens is 1. The molecule has 0 aliphatic rings. The number of para-hydroxylation sites is 1. The fraction of sp³-hybridized carbons (Fsp3) is 0.0455. The molecule has 1 heterocycles. The summed E-state index contributed by atoms with van der Waals surface area (Å²) >= 11 is 7.17. The van der Waals surface area contributed by atoms with Gasteiger partial charge in [0.1, 0.15) is 11.6 Å². The van der Waals surface area contributed by atoms with E-state index in [2.05, 4.69) is 10.3 Å². The van der Waals surface area contributed by atoms with E-state index in [-0.39, 0.29) is 28.4 Å². The molecule has 0 aliphatic carbocycles. The van der Waals surface area contributed by atoms with Gasteiger partial charge >= 0.3 is 5.97 Å². The summed E-state index contributed by atoms with van der Waals surface area (Å²) in [5.74, 6) is -2.28. The van der Waals surface area contributed by atoms with E-state index in [0.29, 0.717) is 15.8 Å². The van der Waals surface area contributed by atoms with E-state index in [1.165, 1.54) is 36.1 Å². The van der Waals surface area contributed by atoms with Gasteiger partial charge in [-0.25, -0.2) is 9.78 Å². The Hall–Kier alpha value is -4.00. The van der Waals surface area contributed by atoms with Crippen molar-refractivity contribution in [2.75, 3.05) is 10.2 Å². The molecule has 2 N–H and O–H groups in total. The summed E-state index contributed by atoms with van der Waals surface area (Å²) in [6.45, 7) is 1.38. The highest BCUT2D eigenvalue weighted by Crippen LogP contribution is 2.31. The lowest BCUT2D eigenvalue weighted by atomic mass is 10.1. The van der Waals surface area contributed by atoms with Crippen molar-refractivity contribution in [1.29, 1.82) is 5.26 Å². The van der Waals surface area contributed by atoms with Crippen molar-refractivity contribution < 1.29 is 19.5 Å². The Morgan fingerprint density at radius 3 is 2.62 bits per heavy atom. The third kappa shape index (κ3) is 5.18. The standard InChI is InChI=1S/C22H15ClN4O4S/c1-13(28)27(17-6-4-5-15(23)10-17)22-25-16(12-32-22)9-14(11-24)20(29)26-19-8-3-2-7-18(19)21(30)31/h2-10,12H,1H3,(H,26,29)(H,30,31)/b14-9+. The number of nitrogens with zero attached hydrogens (tertiary/aromatic N) is 3. The largest absolute Gasteiger partial charge is 0.478 e. The van der Waals surface area contributed by atoms with E-state index >= 15 is 0 Å². The highest BCUT2D eigenvalue weighted by Gasteiger charge is 2.19. The molecule has 32 heavy (non-hydrogen) atoms. The van der Waals surface area contributed by atoms with Gasteiger partial charge in [-0.05, 0) is 36.4 Å². The van der Waals surface area contributed by atoms with Crippen LogP contribution in [0.15, 0.2) is 59.5 Å². The minimum absolute atomic E-state index is 0.0637. The normalized spacial score (nSPS) is 10.8. The Labute approximate surface area is 192 Å². The van der Waals surface area contributed by atoms with Gasteiger partial charge in [0.25, 0.3) is 5.91 Å². The molecule has 0 radical (unpaired) electrons. The van der Waals surface area contributed by atoms with E-state index in [0.717, 1.165) is 11.3 Å². The van der Waals surface area contributed by atoms with E-state index in [4.69, 9.17) is 11.6 Å². The monoisotopic (exact) mass is 466 g/mol. The molecule has 2 aromatic carbocycles. The molecule has 10 heteroatoms. The lowest BCUT2D eigenvalue weighted by molar-refractivity contribution is -0.116. The number of nitrogens with one attached hydrogen (secondary N) is 1. The molecule has 0 saturated carbocycles. The Bertz CT molecular complexity index is 1280. The quantitative estimate of drug-likeness (QED) is 0.400. The summed E-state index contributed by atoms with van der Waals surface area (Å²) in [5.41, 5.74) is 0.496. The third-order valence-corrected chi connectivity index (χ3v) is 5.22. The smallest absolute Gasteiger partial charge is 0.337 e. The Balaban J connectivity index is 1.88. The van der Waals surface area contributed by atoms with Crippen molar-refractivity contribution in [3.8, 4) is 6.07 Å². The number of carbonyl (C=O) groups excluding carboxylic acids is 2. The number of aromatic carboxylic acids is 1. The fourth-order valence-corrected chi connectivity index (χ4v) is 3.78. The van der Waals surface area contributed by atoms with Gasteiger partial charge in [0.05, 0.1) is 22.6 Å². The Morgan fingerprint density at radius 2 is 1.97 bits per heavy atom. The van der Waals surface area contributed by atoms with Crippen molar-refractivity contribution in [2.45, 2.75) is 6.92 Å². The van der Waals surface area contributed by atoms with Gasteiger partial charge in [-0.2, -0.15) is 5.26 Å². The molecule has 8 nitrogen and oxygen atoms in total. The number of carboxylic acids is 1. The number of carboxylic acid groups (broad SMARTS) is 1. The van der Waals surface area contributed by atoms with Crippen LogP contribution in [0.4, 0.5) is 16.5 Å². The van der Waals surface area contributed by atoms with E-state index in [1.54, 1.807) is 41.8 Å². The third-order valence-electron chi connectivity index (χ3n) is 4.15. The van der Waals surface area contributed by atoms with Gasteiger partial charge in [0, 0.05) is 17.3 Å². The van der Waals surface area contributed by atoms with Gasteiger partial charge in [-0.3, -0.25) is 14.5 Å². The van der Waals surface area contributed by atoms with Crippen LogP contribution in [0.1, 0.15) is 23.0 Å². The zero-order valence-corrected chi connectivity index (χ0v) is 18.1. The molecule has 0 saturated heterocycles. The number of nitriles is 1. The van der Waals surface area contributed by atoms with Crippen molar-refractivity contribution in [1.82, 2.24) is 4.98 Å². The molecule has 3 aromatic rings. The second-order valence-corrected chi connectivity index (χ2v) is 7.64. The van der Waals surface area contributed by atoms with E-state index < -0.39 is 11.9 Å². The van der Waals surface area contributed by atoms with Crippen LogP contribution in [0, 0.1) is 11.3 Å². The SMILES string of the molecule is CC(=O)N(c1cccc(Cl)c1)c1nc(/C=C(\C#N)C(=O)Nc2ccccc2C(=O)O)cs1. The number of hydrogen-bond acceptors (Lipinski definition) is 6. The lowest BCUT2D eigenvalue weighted by Gasteiger charge is -2.18. The van der Waals surface area contributed by atoms with Gasteiger partial charge in [-0.1, -0.05) is 29.8 Å². The summed E-state index contributed by atoms with van der Waals surface area (Å²) in [5, 5.41) is 23.5. The van der Waals surface area contributed by atoms with Crippen molar-refractivity contribution >= 4 is 63.3 Å². The molecule has 0 bridgehead atoms. The summed E-state index contributed by atoms with van der Waals surface area (Å²) in [6.07, 6.45) is 1.26. The van der Waals surface area contributed by atoms with Crippen LogP contribution in [0.3, 0.4) is 0 Å². The summed E-state index contributed by atoms with van der Waals surface area (Å²) in [4.78, 5) is 41.8.